The van der Waals surface area contributed by atoms with Crippen molar-refractivity contribution in [2.45, 2.75) is 12.5 Å². The lowest BCUT2D eigenvalue weighted by Gasteiger charge is -2.14. The van der Waals surface area contributed by atoms with E-state index in [0.29, 0.717) is 18.1 Å². The molecule has 0 radical (unpaired) electrons. The molecule has 2 aromatic rings. The number of benzene rings is 1. The van der Waals surface area contributed by atoms with E-state index in [1.165, 1.54) is 6.33 Å². The van der Waals surface area contributed by atoms with Crippen LogP contribution >= 0.6 is 0 Å². The van der Waals surface area contributed by atoms with Gasteiger partial charge in [0.05, 0.1) is 11.5 Å². The van der Waals surface area contributed by atoms with Crippen LogP contribution in [-0.4, -0.2) is 50.0 Å². The summed E-state index contributed by atoms with van der Waals surface area (Å²) in [6.45, 7) is 0. The number of aromatic nitrogens is 2. The third-order valence-corrected chi connectivity index (χ3v) is 5.68. The van der Waals surface area contributed by atoms with Gasteiger partial charge in [0.1, 0.15) is 18.0 Å². The summed E-state index contributed by atoms with van der Waals surface area (Å²) in [6.07, 6.45) is 2.07. The summed E-state index contributed by atoms with van der Waals surface area (Å²) in [5.41, 5.74) is 2.04. The van der Waals surface area contributed by atoms with E-state index in [4.69, 9.17) is 0 Å². The minimum Gasteiger partial charge on any atom is -0.378 e. The van der Waals surface area contributed by atoms with Crippen LogP contribution in [0.5, 0.6) is 0 Å². The Hall–Kier alpha value is -2.35. The molecular formula is C16H21N5O2S. The first-order valence-electron chi connectivity index (χ1n) is 7.75. The Bertz CT molecular complexity index is 805. The monoisotopic (exact) mass is 347 g/mol. The Morgan fingerprint density at radius 3 is 2.46 bits per heavy atom. The molecule has 2 N–H and O–H groups in total. The van der Waals surface area contributed by atoms with Gasteiger partial charge in [-0.3, -0.25) is 0 Å². The van der Waals surface area contributed by atoms with E-state index in [9.17, 15) is 8.42 Å². The Balaban J connectivity index is 1.67. The smallest absolute Gasteiger partial charge is 0.152 e. The Morgan fingerprint density at radius 2 is 1.83 bits per heavy atom. The highest BCUT2D eigenvalue weighted by Crippen LogP contribution is 2.21. The number of hydrogen-bond donors (Lipinski definition) is 2. The van der Waals surface area contributed by atoms with E-state index >= 15 is 0 Å². The zero-order chi connectivity index (χ0) is 17.2. The van der Waals surface area contributed by atoms with Gasteiger partial charge in [-0.2, -0.15) is 0 Å². The van der Waals surface area contributed by atoms with Gasteiger partial charge < -0.3 is 15.5 Å². The van der Waals surface area contributed by atoms with Crippen LogP contribution in [-0.2, 0) is 9.84 Å². The van der Waals surface area contributed by atoms with Gasteiger partial charge in [0, 0.05) is 37.6 Å². The lowest BCUT2D eigenvalue weighted by molar-refractivity contribution is 0.602. The van der Waals surface area contributed by atoms with Crippen molar-refractivity contribution in [2.24, 2.45) is 0 Å². The van der Waals surface area contributed by atoms with Crippen molar-refractivity contribution in [1.29, 1.82) is 0 Å². The minimum atomic E-state index is -2.91. The van der Waals surface area contributed by atoms with Gasteiger partial charge in [0.15, 0.2) is 9.84 Å². The fourth-order valence-corrected chi connectivity index (χ4v) is 4.29. The quantitative estimate of drug-likeness (QED) is 0.854. The van der Waals surface area contributed by atoms with Gasteiger partial charge in [0.25, 0.3) is 0 Å². The number of nitrogens with one attached hydrogen (secondary N) is 2. The van der Waals surface area contributed by atoms with Crippen LogP contribution in [0, 0.1) is 0 Å². The Kier molecular flexibility index (Phi) is 4.57. The van der Waals surface area contributed by atoms with Crippen LogP contribution in [0.4, 0.5) is 23.0 Å². The molecule has 1 fully saturated rings. The largest absolute Gasteiger partial charge is 0.378 e. The van der Waals surface area contributed by atoms with Gasteiger partial charge in [-0.05, 0) is 30.7 Å². The van der Waals surface area contributed by atoms with Crippen molar-refractivity contribution in [3.63, 3.8) is 0 Å². The van der Waals surface area contributed by atoms with Crippen molar-refractivity contribution in [1.82, 2.24) is 9.97 Å². The highest BCUT2D eigenvalue weighted by atomic mass is 32.2. The first-order valence-corrected chi connectivity index (χ1v) is 9.57. The number of sulfone groups is 1. The van der Waals surface area contributed by atoms with Crippen LogP contribution in [0.2, 0.25) is 0 Å². The van der Waals surface area contributed by atoms with Crippen LogP contribution in [0.25, 0.3) is 0 Å². The van der Waals surface area contributed by atoms with Gasteiger partial charge in [-0.15, -0.1) is 0 Å². The molecule has 0 aliphatic carbocycles. The molecule has 1 unspecified atom stereocenters. The average Bonchev–Trinajstić information content (AvgIpc) is 2.87. The zero-order valence-corrected chi connectivity index (χ0v) is 14.5. The molecule has 3 rings (SSSR count). The third-order valence-electron chi connectivity index (χ3n) is 3.91. The molecule has 2 heterocycles. The zero-order valence-electron chi connectivity index (χ0n) is 13.7. The Morgan fingerprint density at radius 1 is 1.12 bits per heavy atom. The van der Waals surface area contributed by atoms with Crippen LogP contribution in [0.15, 0.2) is 36.7 Å². The SMILES string of the molecule is CN(C)c1ccc(Nc2cc(NC3CCS(=O)(=O)C3)ncn2)cc1. The molecule has 0 bridgehead atoms. The maximum Gasteiger partial charge on any atom is 0.152 e. The van der Waals surface area contributed by atoms with Gasteiger partial charge in [0.2, 0.25) is 0 Å². The van der Waals surface area contributed by atoms with Crippen LogP contribution in [0.3, 0.4) is 0 Å². The number of hydrogen-bond acceptors (Lipinski definition) is 7. The molecule has 1 saturated heterocycles. The van der Waals surface area contributed by atoms with E-state index in [0.717, 1.165) is 11.4 Å². The van der Waals surface area contributed by atoms with Crippen molar-refractivity contribution in [3.8, 4) is 0 Å². The normalized spacial score (nSPS) is 19.0. The summed E-state index contributed by atoms with van der Waals surface area (Å²) in [6, 6.07) is 9.70. The van der Waals surface area contributed by atoms with Crippen molar-refractivity contribution in [3.05, 3.63) is 36.7 Å². The maximum atomic E-state index is 11.5. The summed E-state index contributed by atoms with van der Waals surface area (Å²) >= 11 is 0. The number of anilines is 4. The second-order valence-electron chi connectivity index (χ2n) is 6.10. The summed E-state index contributed by atoms with van der Waals surface area (Å²) in [5.74, 6) is 1.68. The first kappa shape index (κ1) is 16.5. The minimum absolute atomic E-state index is 0.0860. The third kappa shape index (κ3) is 4.14. The predicted octanol–water partition coefficient (Wildman–Crippen LogP) is 1.89. The standard InChI is InChI=1S/C16H21N5O2S/c1-21(2)14-5-3-12(4-6-14)19-15-9-16(18-11-17-15)20-13-7-8-24(22,23)10-13/h3-6,9,11,13H,7-8,10H2,1-2H3,(H2,17,18,19,20). The van der Waals surface area contributed by atoms with Crippen molar-refractivity contribution < 1.29 is 8.42 Å². The topological polar surface area (TPSA) is 87.2 Å². The van der Waals surface area contributed by atoms with E-state index in [1.54, 1.807) is 6.07 Å². The molecule has 24 heavy (non-hydrogen) atoms. The molecule has 0 spiro atoms. The summed E-state index contributed by atoms with van der Waals surface area (Å²) < 4.78 is 23.1. The van der Waals surface area contributed by atoms with Gasteiger partial charge in [-0.25, -0.2) is 18.4 Å². The molecule has 1 aliphatic rings. The average molecular weight is 347 g/mol. The highest BCUT2D eigenvalue weighted by molar-refractivity contribution is 7.91. The number of nitrogens with zero attached hydrogens (tertiary/aromatic N) is 3. The van der Waals surface area contributed by atoms with E-state index in [-0.39, 0.29) is 17.5 Å². The fourth-order valence-electron chi connectivity index (χ4n) is 2.61. The molecule has 1 atom stereocenters. The second kappa shape index (κ2) is 6.64. The predicted molar refractivity (Wildman–Crippen MR) is 96.8 cm³/mol. The molecule has 1 aromatic carbocycles. The van der Waals surface area contributed by atoms with E-state index in [2.05, 4.69) is 20.6 Å². The van der Waals surface area contributed by atoms with E-state index in [1.807, 2.05) is 43.3 Å². The summed E-state index contributed by atoms with van der Waals surface area (Å²) in [4.78, 5) is 10.4. The molecule has 0 saturated carbocycles. The molecule has 8 heteroatoms. The molecule has 0 amide bonds. The van der Waals surface area contributed by atoms with Gasteiger partial charge in [-0.1, -0.05) is 0 Å². The second-order valence-corrected chi connectivity index (χ2v) is 8.33. The first-order chi connectivity index (χ1) is 11.4. The molecule has 128 valence electrons. The Labute approximate surface area is 142 Å². The summed E-state index contributed by atoms with van der Waals surface area (Å²) in [5, 5.41) is 6.39. The number of rotatable bonds is 5. The molecule has 7 nitrogen and oxygen atoms in total. The lowest BCUT2D eigenvalue weighted by Crippen LogP contribution is -2.21. The maximum absolute atomic E-state index is 11.5. The van der Waals surface area contributed by atoms with Crippen LogP contribution in [0.1, 0.15) is 6.42 Å². The lowest BCUT2D eigenvalue weighted by atomic mass is 10.2. The fraction of sp³-hybridized carbons (Fsp3) is 0.375. The van der Waals surface area contributed by atoms with Gasteiger partial charge >= 0.3 is 0 Å². The highest BCUT2D eigenvalue weighted by Gasteiger charge is 2.27. The van der Waals surface area contributed by atoms with E-state index < -0.39 is 9.84 Å². The molecule has 1 aromatic heterocycles. The molecular weight excluding hydrogens is 326 g/mol. The van der Waals surface area contributed by atoms with Crippen molar-refractivity contribution in [2.75, 3.05) is 41.1 Å². The van der Waals surface area contributed by atoms with Crippen molar-refractivity contribution >= 4 is 32.8 Å². The summed E-state index contributed by atoms with van der Waals surface area (Å²) in [7, 11) is 1.08. The van der Waals surface area contributed by atoms with Crippen LogP contribution < -0.4 is 15.5 Å². The molecule has 1 aliphatic heterocycles.